The lowest BCUT2D eigenvalue weighted by Crippen LogP contribution is -2.46. The average Bonchev–Trinajstić information content (AvgIpc) is 3.03. The summed E-state index contributed by atoms with van der Waals surface area (Å²) in [4.78, 5) is 6.04. The van der Waals surface area contributed by atoms with Crippen molar-refractivity contribution in [1.29, 1.82) is 0 Å². The van der Waals surface area contributed by atoms with E-state index in [1.807, 2.05) is 36.4 Å². The topological polar surface area (TPSA) is 51.0 Å². The number of hydrogen-bond acceptors (Lipinski definition) is 6. The van der Waals surface area contributed by atoms with Crippen LogP contribution in [-0.4, -0.2) is 49.3 Å². The van der Waals surface area contributed by atoms with Crippen LogP contribution in [0.5, 0.6) is 11.5 Å². The lowest BCUT2D eigenvalue weighted by atomic mass is 9.95. The molecule has 5 rings (SSSR count). The van der Waals surface area contributed by atoms with E-state index in [0.717, 1.165) is 42.7 Å². The molecule has 2 unspecified atom stereocenters. The van der Waals surface area contributed by atoms with Gasteiger partial charge in [0.05, 0.1) is 5.69 Å². The Morgan fingerprint density at radius 2 is 1.86 bits per heavy atom. The van der Waals surface area contributed by atoms with Crippen LogP contribution in [0.1, 0.15) is 12.8 Å². The van der Waals surface area contributed by atoms with Crippen LogP contribution in [0.15, 0.2) is 47.4 Å². The second-order valence-electron chi connectivity index (χ2n) is 8.01. The van der Waals surface area contributed by atoms with Crippen molar-refractivity contribution in [1.82, 2.24) is 4.90 Å². The van der Waals surface area contributed by atoms with Crippen LogP contribution in [-0.2, 0) is 0 Å². The minimum atomic E-state index is -0.0191. The number of ether oxygens (including phenoxy) is 2. The van der Waals surface area contributed by atoms with E-state index in [4.69, 9.17) is 26.8 Å². The predicted octanol–water partition coefficient (Wildman–Crippen LogP) is 4.05. The standard InChI is InChI=1S/C22H26ClN3O2S/c23-16-5-6-18-21(11-16)29-22(24)26(18)12-15-7-9-25(10-8-15)13-17-14-27-19-3-1-2-4-20(19)28-17/h1-6,11,15,17,22H,7-10,12-14,24H2. The predicted molar refractivity (Wildman–Crippen MR) is 118 cm³/mol. The Kier molecular flexibility index (Phi) is 5.52. The molecule has 7 heteroatoms. The number of para-hydroxylation sites is 2. The third kappa shape index (κ3) is 4.17. The van der Waals surface area contributed by atoms with Gasteiger partial charge in [0.2, 0.25) is 0 Å². The molecule has 0 aliphatic carbocycles. The minimum absolute atomic E-state index is 0.0191. The van der Waals surface area contributed by atoms with Gasteiger partial charge in [0.1, 0.15) is 18.2 Å². The second kappa shape index (κ2) is 8.26. The number of nitrogens with two attached hydrogens (primary N) is 1. The van der Waals surface area contributed by atoms with Crippen molar-refractivity contribution in [3.63, 3.8) is 0 Å². The first kappa shape index (κ1) is 19.4. The molecule has 29 heavy (non-hydrogen) atoms. The van der Waals surface area contributed by atoms with Crippen LogP contribution >= 0.6 is 23.4 Å². The van der Waals surface area contributed by atoms with E-state index in [9.17, 15) is 0 Å². The molecule has 0 aromatic heterocycles. The van der Waals surface area contributed by atoms with E-state index in [1.54, 1.807) is 11.8 Å². The van der Waals surface area contributed by atoms with Crippen molar-refractivity contribution in [2.45, 2.75) is 29.3 Å². The molecule has 2 aromatic rings. The molecule has 3 aliphatic heterocycles. The van der Waals surface area contributed by atoms with E-state index >= 15 is 0 Å². The van der Waals surface area contributed by atoms with Gasteiger partial charge in [-0.3, -0.25) is 4.90 Å². The van der Waals surface area contributed by atoms with Crippen LogP contribution in [0.3, 0.4) is 0 Å². The number of rotatable bonds is 4. The van der Waals surface area contributed by atoms with Gasteiger partial charge in [-0.25, -0.2) is 0 Å². The number of hydrogen-bond donors (Lipinski definition) is 1. The number of thioether (sulfide) groups is 1. The van der Waals surface area contributed by atoms with Gasteiger partial charge < -0.3 is 20.1 Å². The minimum Gasteiger partial charge on any atom is -0.486 e. The summed E-state index contributed by atoms with van der Waals surface area (Å²) in [5.41, 5.74) is 7.60. The third-order valence-corrected chi connectivity index (χ3v) is 7.29. The first-order valence-electron chi connectivity index (χ1n) is 10.2. The summed E-state index contributed by atoms with van der Waals surface area (Å²) >= 11 is 7.84. The largest absolute Gasteiger partial charge is 0.486 e. The number of fused-ring (bicyclic) bond motifs is 2. The molecule has 2 N–H and O–H groups in total. The van der Waals surface area contributed by atoms with Crippen molar-refractivity contribution in [3.8, 4) is 11.5 Å². The van der Waals surface area contributed by atoms with Crippen molar-refractivity contribution >= 4 is 29.1 Å². The lowest BCUT2D eigenvalue weighted by Gasteiger charge is -2.37. The van der Waals surface area contributed by atoms with Crippen LogP contribution in [0.2, 0.25) is 5.02 Å². The lowest BCUT2D eigenvalue weighted by molar-refractivity contribution is 0.0481. The molecule has 0 spiro atoms. The van der Waals surface area contributed by atoms with Gasteiger partial charge in [-0.2, -0.15) is 0 Å². The SMILES string of the molecule is NC1Sc2cc(Cl)ccc2N1CC1CCN(CC2COc3ccccc3O2)CC1. The summed E-state index contributed by atoms with van der Waals surface area (Å²) in [7, 11) is 0. The fourth-order valence-corrected chi connectivity index (χ4v) is 5.75. The smallest absolute Gasteiger partial charge is 0.161 e. The number of benzene rings is 2. The molecule has 0 saturated carbocycles. The van der Waals surface area contributed by atoms with Crippen molar-refractivity contribution in [2.24, 2.45) is 11.7 Å². The molecule has 3 heterocycles. The highest BCUT2D eigenvalue weighted by molar-refractivity contribution is 8.00. The molecule has 154 valence electrons. The fraction of sp³-hybridized carbons (Fsp3) is 0.455. The number of piperidine rings is 1. The molecule has 2 atom stereocenters. The zero-order valence-electron chi connectivity index (χ0n) is 16.3. The van der Waals surface area contributed by atoms with E-state index in [0.29, 0.717) is 12.5 Å². The summed E-state index contributed by atoms with van der Waals surface area (Å²) in [5, 5.41) is 0.773. The third-order valence-electron chi connectivity index (χ3n) is 5.98. The van der Waals surface area contributed by atoms with Gasteiger partial charge >= 0.3 is 0 Å². The highest BCUT2D eigenvalue weighted by Crippen LogP contribution is 2.43. The van der Waals surface area contributed by atoms with Crippen LogP contribution < -0.4 is 20.1 Å². The summed E-state index contributed by atoms with van der Waals surface area (Å²) < 4.78 is 12.0. The summed E-state index contributed by atoms with van der Waals surface area (Å²) in [5.74, 6) is 2.37. The monoisotopic (exact) mass is 431 g/mol. The van der Waals surface area contributed by atoms with Crippen molar-refractivity contribution in [2.75, 3.05) is 37.7 Å². The van der Waals surface area contributed by atoms with E-state index < -0.39 is 0 Å². The normalized spacial score (nSPS) is 24.6. The maximum atomic E-state index is 6.39. The molecule has 3 aliphatic rings. The average molecular weight is 432 g/mol. The Morgan fingerprint density at radius 3 is 2.69 bits per heavy atom. The molecule has 2 aromatic carbocycles. The van der Waals surface area contributed by atoms with Crippen molar-refractivity contribution < 1.29 is 9.47 Å². The zero-order valence-corrected chi connectivity index (χ0v) is 17.9. The number of anilines is 1. The summed E-state index contributed by atoms with van der Waals surface area (Å²) in [6, 6.07) is 14.0. The molecule has 0 amide bonds. The molecular weight excluding hydrogens is 406 g/mol. The number of halogens is 1. The Balaban J connectivity index is 1.13. The highest BCUT2D eigenvalue weighted by Gasteiger charge is 2.31. The summed E-state index contributed by atoms with van der Waals surface area (Å²) in [6.45, 7) is 4.73. The van der Waals surface area contributed by atoms with Crippen LogP contribution in [0.4, 0.5) is 5.69 Å². The maximum Gasteiger partial charge on any atom is 0.161 e. The van der Waals surface area contributed by atoms with Gasteiger partial charge in [-0.1, -0.05) is 35.5 Å². The van der Waals surface area contributed by atoms with Gasteiger partial charge in [-0.05, 0) is 62.2 Å². The van der Waals surface area contributed by atoms with Gasteiger partial charge in [0.25, 0.3) is 0 Å². The van der Waals surface area contributed by atoms with E-state index in [2.05, 4.69) is 15.9 Å². The molecule has 5 nitrogen and oxygen atoms in total. The Morgan fingerprint density at radius 1 is 1.07 bits per heavy atom. The fourth-order valence-electron chi connectivity index (χ4n) is 4.42. The molecular formula is C22H26ClN3O2S. The van der Waals surface area contributed by atoms with E-state index in [1.165, 1.54) is 23.4 Å². The molecule has 1 fully saturated rings. The van der Waals surface area contributed by atoms with Gasteiger partial charge in [0.15, 0.2) is 11.5 Å². The van der Waals surface area contributed by atoms with Crippen LogP contribution in [0.25, 0.3) is 0 Å². The molecule has 1 saturated heterocycles. The highest BCUT2D eigenvalue weighted by atomic mass is 35.5. The second-order valence-corrected chi connectivity index (χ2v) is 9.61. The Labute approximate surface area is 181 Å². The molecule has 0 radical (unpaired) electrons. The number of nitrogens with zero attached hydrogens (tertiary/aromatic N) is 2. The maximum absolute atomic E-state index is 6.39. The summed E-state index contributed by atoms with van der Waals surface area (Å²) in [6.07, 6.45) is 2.46. The van der Waals surface area contributed by atoms with Gasteiger partial charge in [-0.15, -0.1) is 0 Å². The molecule has 0 bridgehead atoms. The Bertz CT molecular complexity index is 875. The Hall–Kier alpha value is -1.60. The number of likely N-dealkylation sites (tertiary alicyclic amines) is 1. The van der Waals surface area contributed by atoms with Gasteiger partial charge in [0, 0.05) is 23.0 Å². The first-order chi connectivity index (χ1) is 14.2. The first-order valence-corrected chi connectivity index (χ1v) is 11.5. The quantitative estimate of drug-likeness (QED) is 0.788. The van der Waals surface area contributed by atoms with Crippen molar-refractivity contribution in [3.05, 3.63) is 47.5 Å². The zero-order chi connectivity index (χ0) is 19.8. The van der Waals surface area contributed by atoms with Crippen LogP contribution in [0, 0.1) is 5.92 Å². The van der Waals surface area contributed by atoms with E-state index in [-0.39, 0.29) is 11.6 Å².